The van der Waals surface area contributed by atoms with Gasteiger partial charge in [-0.2, -0.15) is 11.8 Å². The van der Waals surface area contributed by atoms with Crippen LogP contribution in [0.2, 0.25) is 0 Å². The molecule has 0 aliphatic rings. The maximum atomic E-state index is 13.1. The van der Waals surface area contributed by atoms with Gasteiger partial charge in [0.1, 0.15) is 17.6 Å². The van der Waals surface area contributed by atoms with Gasteiger partial charge in [-0.05, 0) is 12.8 Å². The first kappa shape index (κ1) is 43.1. The number of unbranched alkanes of at least 4 members (excludes halogenated alkanes) is 24. The Morgan fingerprint density at radius 3 is 1.23 bits per heavy atom. The number of rotatable bonds is 36. The number of aliphatic carboxylic acids is 1. The van der Waals surface area contributed by atoms with Gasteiger partial charge < -0.3 is 10.8 Å². The number of thioether (sulfide) groups is 1. The molecule has 0 aromatic carbocycles. The summed E-state index contributed by atoms with van der Waals surface area (Å²) in [5.41, 5.74) is 5.66. The molecular formula is C38H73NO4S. The quantitative estimate of drug-likeness (QED) is 0.0662. The lowest BCUT2D eigenvalue weighted by atomic mass is 9.93. The highest BCUT2D eigenvalue weighted by molar-refractivity contribution is 7.99. The summed E-state index contributed by atoms with van der Waals surface area (Å²) in [7, 11) is 0. The van der Waals surface area contributed by atoms with Gasteiger partial charge in [0.15, 0.2) is 0 Å². The third-order valence-electron chi connectivity index (χ3n) is 8.95. The fourth-order valence-electron chi connectivity index (χ4n) is 5.91. The second-order valence-corrected chi connectivity index (χ2v) is 14.4. The molecule has 0 radical (unpaired) electrons. The van der Waals surface area contributed by atoms with Crippen LogP contribution in [0, 0.1) is 5.92 Å². The van der Waals surface area contributed by atoms with E-state index in [1.54, 1.807) is 0 Å². The summed E-state index contributed by atoms with van der Waals surface area (Å²) < 4.78 is 0. The van der Waals surface area contributed by atoms with E-state index in [9.17, 15) is 14.4 Å². The normalized spacial score (nSPS) is 12.8. The monoisotopic (exact) mass is 640 g/mol. The van der Waals surface area contributed by atoms with Crippen LogP contribution in [-0.2, 0) is 14.4 Å². The van der Waals surface area contributed by atoms with Crippen molar-refractivity contribution in [1.82, 2.24) is 0 Å². The molecule has 260 valence electrons. The van der Waals surface area contributed by atoms with Gasteiger partial charge in [-0.3, -0.25) is 14.4 Å². The molecule has 0 aromatic rings. The molecule has 44 heavy (non-hydrogen) atoms. The summed E-state index contributed by atoms with van der Waals surface area (Å²) in [5.74, 6) is -0.227. The van der Waals surface area contributed by atoms with E-state index in [1.807, 2.05) is 0 Å². The lowest BCUT2D eigenvalue weighted by Crippen LogP contribution is -2.33. The minimum atomic E-state index is -1.02. The Morgan fingerprint density at radius 1 is 0.523 bits per heavy atom. The number of nitrogens with two attached hydrogens (primary N) is 1. The van der Waals surface area contributed by atoms with Gasteiger partial charge in [-0.15, -0.1) is 0 Å². The fraction of sp³-hybridized carbons (Fsp3) is 0.921. The Balaban J connectivity index is 4.11. The number of ketones is 2. The van der Waals surface area contributed by atoms with E-state index in [2.05, 4.69) is 13.8 Å². The van der Waals surface area contributed by atoms with Crippen molar-refractivity contribution in [3.05, 3.63) is 0 Å². The van der Waals surface area contributed by atoms with Crippen LogP contribution in [0.15, 0.2) is 0 Å². The highest BCUT2D eigenvalue weighted by Crippen LogP contribution is 2.21. The number of Topliss-reactive ketones (excluding diaryl/α,β-unsaturated/α-hetero) is 2. The summed E-state index contributed by atoms with van der Waals surface area (Å²) in [6.07, 6.45) is 34.6. The van der Waals surface area contributed by atoms with Crippen LogP contribution < -0.4 is 5.73 Å². The zero-order chi connectivity index (χ0) is 32.5. The van der Waals surface area contributed by atoms with Gasteiger partial charge in [0.05, 0.1) is 0 Å². The topological polar surface area (TPSA) is 97.5 Å². The summed E-state index contributed by atoms with van der Waals surface area (Å²) >= 11 is 1.40. The summed E-state index contributed by atoms with van der Waals surface area (Å²) in [6, 6.07) is -0.932. The standard InChI is InChI=1S/C38H73NO4S/c1-3-5-7-9-11-13-15-17-19-21-23-25-27-29-35(40)31-34(32-44-33-36(39)38(42)43)37(41)30-28-26-24-22-20-18-16-14-12-10-8-6-4-2/h34,36H,3-33,39H2,1-2H3,(H,42,43). The maximum Gasteiger partial charge on any atom is 0.321 e. The Hall–Kier alpha value is -0.880. The third kappa shape index (κ3) is 29.8. The fourth-order valence-corrected chi connectivity index (χ4v) is 7.03. The van der Waals surface area contributed by atoms with Crippen molar-refractivity contribution in [2.24, 2.45) is 11.7 Å². The molecule has 0 aromatic heterocycles. The van der Waals surface area contributed by atoms with Gasteiger partial charge in [-0.25, -0.2) is 0 Å². The number of hydrogen-bond donors (Lipinski definition) is 2. The van der Waals surface area contributed by atoms with Crippen molar-refractivity contribution in [2.75, 3.05) is 11.5 Å². The molecular weight excluding hydrogens is 566 g/mol. The van der Waals surface area contributed by atoms with Crippen LogP contribution >= 0.6 is 11.8 Å². The number of carboxylic acids is 1. The first-order chi connectivity index (χ1) is 21.4. The molecule has 5 nitrogen and oxygen atoms in total. The van der Waals surface area contributed by atoms with Crippen molar-refractivity contribution >= 4 is 29.3 Å². The second-order valence-electron chi connectivity index (χ2n) is 13.4. The molecule has 0 heterocycles. The molecule has 3 N–H and O–H groups in total. The molecule has 6 heteroatoms. The van der Waals surface area contributed by atoms with Crippen LogP contribution in [0.4, 0.5) is 0 Å². The molecule has 0 saturated carbocycles. The van der Waals surface area contributed by atoms with Crippen LogP contribution in [0.25, 0.3) is 0 Å². The SMILES string of the molecule is CCCCCCCCCCCCCCCC(=O)CC(CSCC(N)C(=O)O)C(=O)CCCCCCCCCCCCCCC. The Bertz CT molecular complexity index is 671. The predicted octanol–water partition coefficient (Wildman–Crippen LogP) is 11.2. The molecule has 0 aliphatic heterocycles. The van der Waals surface area contributed by atoms with E-state index in [1.165, 1.54) is 153 Å². The summed E-state index contributed by atoms with van der Waals surface area (Å²) in [4.78, 5) is 36.9. The summed E-state index contributed by atoms with van der Waals surface area (Å²) in [6.45, 7) is 4.52. The van der Waals surface area contributed by atoms with E-state index in [0.29, 0.717) is 25.0 Å². The lowest BCUT2D eigenvalue weighted by Gasteiger charge is -2.16. The van der Waals surface area contributed by atoms with Crippen molar-refractivity contribution < 1.29 is 19.5 Å². The average molecular weight is 640 g/mol. The largest absolute Gasteiger partial charge is 0.480 e. The van der Waals surface area contributed by atoms with Crippen molar-refractivity contribution in [2.45, 2.75) is 206 Å². The first-order valence-electron chi connectivity index (χ1n) is 19.0. The van der Waals surface area contributed by atoms with Crippen LogP contribution in [0.1, 0.15) is 200 Å². The number of hydrogen-bond acceptors (Lipinski definition) is 5. The zero-order valence-electron chi connectivity index (χ0n) is 29.2. The van der Waals surface area contributed by atoms with Gasteiger partial charge in [0.25, 0.3) is 0 Å². The Kier molecular flexibility index (Phi) is 32.8. The van der Waals surface area contributed by atoms with Crippen LogP contribution in [0.3, 0.4) is 0 Å². The first-order valence-corrected chi connectivity index (χ1v) is 20.2. The highest BCUT2D eigenvalue weighted by atomic mass is 32.2. The van der Waals surface area contributed by atoms with Gasteiger partial charge in [0.2, 0.25) is 0 Å². The number of carboxylic acid groups (broad SMARTS) is 1. The van der Waals surface area contributed by atoms with Gasteiger partial charge in [-0.1, -0.05) is 168 Å². The third-order valence-corrected chi connectivity index (χ3v) is 10.2. The highest BCUT2D eigenvalue weighted by Gasteiger charge is 2.22. The van der Waals surface area contributed by atoms with Gasteiger partial charge >= 0.3 is 5.97 Å². The Morgan fingerprint density at radius 2 is 0.864 bits per heavy atom. The van der Waals surface area contributed by atoms with Crippen LogP contribution in [-0.4, -0.2) is 40.2 Å². The van der Waals surface area contributed by atoms with Crippen LogP contribution in [0.5, 0.6) is 0 Å². The smallest absolute Gasteiger partial charge is 0.321 e. The van der Waals surface area contributed by atoms with E-state index >= 15 is 0 Å². The van der Waals surface area contributed by atoms with Crippen molar-refractivity contribution in [3.8, 4) is 0 Å². The molecule has 0 spiro atoms. The molecule has 0 saturated heterocycles. The van der Waals surface area contributed by atoms with E-state index < -0.39 is 12.0 Å². The number of carbonyl (C=O) groups is 3. The molecule has 2 atom stereocenters. The van der Waals surface area contributed by atoms with E-state index in [-0.39, 0.29) is 23.2 Å². The molecule has 0 bridgehead atoms. The number of carbonyl (C=O) groups excluding carboxylic acids is 2. The lowest BCUT2D eigenvalue weighted by molar-refractivity contribution is -0.137. The molecule has 0 rings (SSSR count). The molecule has 2 unspecified atom stereocenters. The second kappa shape index (κ2) is 33.5. The predicted molar refractivity (Wildman–Crippen MR) is 192 cm³/mol. The maximum absolute atomic E-state index is 13.1. The van der Waals surface area contributed by atoms with E-state index in [4.69, 9.17) is 10.8 Å². The van der Waals surface area contributed by atoms with Crippen molar-refractivity contribution in [1.29, 1.82) is 0 Å². The van der Waals surface area contributed by atoms with Gasteiger partial charge in [0, 0.05) is 36.7 Å². The molecule has 0 amide bonds. The summed E-state index contributed by atoms with van der Waals surface area (Å²) in [5, 5.41) is 9.08. The average Bonchev–Trinajstić information content (AvgIpc) is 3.01. The Labute approximate surface area is 277 Å². The minimum Gasteiger partial charge on any atom is -0.480 e. The zero-order valence-corrected chi connectivity index (χ0v) is 30.0. The van der Waals surface area contributed by atoms with E-state index in [0.717, 1.165) is 25.7 Å². The molecule has 0 aliphatic carbocycles. The molecule has 0 fully saturated rings. The minimum absolute atomic E-state index is 0.170. The van der Waals surface area contributed by atoms with Crippen molar-refractivity contribution in [3.63, 3.8) is 0 Å².